The van der Waals surface area contributed by atoms with Gasteiger partial charge in [0.25, 0.3) is 5.91 Å². The van der Waals surface area contributed by atoms with Crippen LogP contribution >= 0.6 is 12.4 Å². The fourth-order valence-electron chi connectivity index (χ4n) is 5.26. The molecule has 3 heterocycles. The predicted octanol–water partition coefficient (Wildman–Crippen LogP) is 1.84. The van der Waals surface area contributed by atoms with E-state index >= 15 is 0 Å². The largest absolute Gasteiger partial charge is 0.493 e. The molecule has 0 saturated carbocycles. The van der Waals surface area contributed by atoms with Crippen LogP contribution in [0, 0.1) is 11.8 Å². The van der Waals surface area contributed by atoms with E-state index in [0.717, 1.165) is 32.4 Å². The van der Waals surface area contributed by atoms with Crippen molar-refractivity contribution in [2.45, 2.75) is 37.8 Å². The van der Waals surface area contributed by atoms with E-state index in [4.69, 9.17) is 9.47 Å². The van der Waals surface area contributed by atoms with Crippen LogP contribution in [0.1, 0.15) is 36.0 Å². The molecule has 0 aromatic heterocycles. The summed E-state index contributed by atoms with van der Waals surface area (Å²) in [5.41, 5.74) is 0.443. The first-order valence-corrected chi connectivity index (χ1v) is 10.1. The number of para-hydroxylation sites is 1. The SMILES string of the molecule is COc1cccc(C(=O)NC[C@H]2[C@@H]3CNC[C@@H](C3)[C@@H]3CCCC(=O)N32)c1OC.Cl. The number of nitrogens with zero attached hydrogens (tertiary/aromatic N) is 1. The van der Waals surface area contributed by atoms with E-state index in [1.54, 1.807) is 25.3 Å². The van der Waals surface area contributed by atoms with Gasteiger partial charge in [-0.25, -0.2) is 0 Å². The van der Waals surface area contributed by atoms with Gasteiger partial charge in [0.15, 0.2) is 11.5 Å². The number of hydrogen-bond acceptors (Lipinski definition) is 5. The monoisotopic (exact) mass is 423 g/mol. The first-order chi connectivity index (χ1) is 13.6. The van der Waals surface area contributed by atoms with Crippen molar-refractivity contribution in [2.24, 2.45) is 11.8 Å². The number of methoxy groups -OCH3 is 2. The summed E-state index contributed by atoms with van der Waals surface area (Å²) in [4.78, 5) is 27.7. The Kier molecular flexibility index (Phi) is 6.90. The van der Waals surface area contributed by atoms with Gasteiger partial charge in [0.1, 0.15) is 0 Å². The number of carbonyl (C=O) groups is 2. The molecule has 7 nitrogen and oxygen atoms in total. The minimum atomic E-state index is -0.206. The van der Waals surface area contributed by atoms with Crippen molar-refractivity contribution in [2.75, 3.05) is 33.9 Å². The smallest absolute Gasteiger partial charge is 0.255 e. The van der Waals surface area contributed by atoms with Crippen molar-refractivity contribution in [3.05, 3.63) is 23.8 Å². The van der Waals surface area contributed by atoms with Gasteiger partial charge in [-0.2, -0.15) is 0 Å². The van der Waals surface area contributed by atoms with Crippen molar-refractivity contribution in [3.8, 4) is 11.5 Å². The lowest BCUT2D eigenvalue weighted by Crippen LogP contribution is -2.66. The Morgan fingerprint density at radius 2 is 2.03 bits per heavy atom. The predicted molar refractivity (Wildman–Crippen MR) is 112 cm³/mol. The number of rotatable bonds is 5. The lowest BCUT2D eigenvalue weighted by atomic mass is 9.72. The van der Waals surface area contributed by atoms with E-state index in [-0.39, 0.29) is 30.3 Å². The summed E-state index contributed by atoms with van der Waals surface area (Å²) in [5, 5.41) is 6.59. The summed E-state index contributed by atoms with van der Waals surface area (Å²) < 4.78 is 10.7. The molecular weight excluding hydrogens is 394 g/mol. The molecular formula is C21H30ClN3O4. The second kappa shape index (κ2) is 9.22. The normalized spacial score (nSPS) is 28.1. The van der Waals surface area contributed by atoms with E-state index in [1.165, 1.54) is 7.11 Å². The minimum Gasteiger partial charge on any atom is -0.493 e. The first kappa shape index (κ1) is 21.7. The van der Waals surface area contributed by atoms with E-state index in [9.17, 15) is 9.59 Å². The third-order valence-corrected chi connectivity index (χ3v) is 6.52. The van der Waals surface area contributed by atoms with Crippen LogP contribution in [0.4, 0.5) is 0 Å². The molecule has 3 saturated heterocycles. The topological polar surface area (TPSA) is 79.9 Å². The van der Waals surface area contributed by atoms with Crippen LogP contribution in [0.15, 0.2) is 18.2 Å². The molecule has 29 heavy (non-hydrogen) atoms. The zero-order chi connectivity index (χ0) is 19.7. The van der Waals surface area contributed by atoms with Gasteiger partial charge in [-0.1, -0.05) is 6.07 Å². The number of piperidine rings is 3. The summed E-state index contributed by atoms with van der Waals surface area (Å²) in [6, 6.07) is 5.61. The molecule has 2 N–H and O–H groups in total. The van der Waals surface area contributed by atoms with Gasteiger partial charge < -0.3 is 25.0 Å². The van der Waals surface area contributed by atoms with Gasteiger partial charge in [0.2, 0.25) is 5.91 Å². The molecule has 0 unspecified atom stereocenters. The van der Waals surface area contributed by atoms with Crippen LogP contribution in [-0.4, -0.2) is 62.7 Å². The molecule has 2 bridgehead atoms. The summed E-state index contributed by atoms with van der Waals surface area (Å²) >= 11 is 0. The third kappa shape index (κ3) is 4.03. The van der Waals surface area contributed by atoms with E-state index in [2.05, 4.69) is 15.5 Å². The van der Waals surface area contributed by atoms with Gasteiger partial charge in [0.05, 0.1) is 25.8 Å². The first-order valence-electron chi connectivity index (χ1n) is 10.1. The highest BCUT2D eigenvalue weighted by Crippen LogP contribution is 2.39. The van der Waals surface area contributed by atoms with Crippen LogP contribution < -0.4 is 20.1 Å². The maximum atomic E-state index is 12.9. The van der Waals surface area contributed by atoms with Crippen LogP contribution in [0.25, 0.3) is 0 Å². The van der Waals surface area contributed by atoms with Crippen molar-refractivity contribution >= 4 is 24.2 Å². The average Bonchev–Trinajstić information content (AvgIpc) is 2.73. The molecule has 4 atom stereocenters. The number of amides is 2. The Balaban J connectivity index is 0.00000240. The Labute approximate surface area is 177 Å². The van der Waals surface area contributed by atoms with Gasteiger partial charge in [-0.3, -0.25) is 9.59 Å². The number of benzene rings is 1. The molecule has 3 fully saturated rings. The van der Waals surface area contributed by atoms with Crippen molar-refractivity contribution in [1.82, 2.24) is 15.5 Å². The molecule has 0 spiro atoms. The number of hydrogen-bond donors (Lipinski definition) is 2. The zero-order valence-corrected chi connectivity index (χ0v) is 17.8. The molecule has 3 aliphatic heterocycles. The number of carbonyl (C=O) groups excluding carboxylic acids is 2. The molecule has 1 aromatic rings. The summed E-state index contributed by atoms with van der Waals surface area (Å²) in [5.74, 6) is 1.91. The van der Waals surface area contributed by atoms with Gasteiger partial charge in [0, 0.05) is 25.6 Å². The highest BCUT2D eigenvalue weighted by Gasteiger charge is 2.47. The summed E-state index contributed by atoms with van der Waals surface area (Å²) in [7, 11) is 3.08. The maximum absolute atomic E-state index is 12.9. The molecule has 4 rings (SSSR count). The molecule has 0 radical (unpaired) electrons. The van der Waals surface area contributed by atoms with E-state index in [0.29, 0.717) is 47.9 Å². The Hall–Kier alpha value is -1.99. The van der Waals surface area contributed by atoms with Gasteiger partial charge in [-0.05, 0) is 49.8 Å². The average molecular weight is 424 g/mol. The fourth-order valence-corrected chi connectivity index (χ4v) is 5.26. The molecule has 8 heteroatoms. The van der Waals surface area contributed by atoms with Crippen molar-refractivity contribution in [3.63, 3.8) is 0 Å². The number of fused-ring (bicyclic) bond motifs is 4. The quantitative estimate of drug-likeness (QED) is 0.755. The van der Waals surface area contributed by atoms with E-state index < -0.39 is 0 Å². The standard InChI is InChI=1S/C21H29N3O4.ClH/c1-27-18-7-3-5-15(20(18)28-2)21(26)23-12-17-14-9-13(10-22-11-14)16-6-4-8-19(25)24(16)17;/h3,5,7,13-14,16-17,22H,4,6,8-12H2,1-2H3,(H,23,26);1H/t13-,14+,16+,17+;/m1./s1. The lowest BCUT2D eigenvalue weighted by molar-refractivity contribution is -0.148. The number of ether oxygens (including phenoxy) is 2. The van der Waals surface area contributed by atoms with Crippen LogP contribution in [0.3, 0.4) is 0 Å². The Bertz CT molecular complexity index is 759. The molecule has 160 valence electrons. The highest BCUT2D eigenvalue weighted by atomic mass is 35.5. The Morgan fingerprint density at radius 3 is 2.79 bits per heavy atom. The molecule has 2 amide bonds. The number of nitrogens with one attached hydrogen (secondary N) is 2. The molecule has 1 aromatic carbocycles. The van der Waals surface area contributed by atoms with Gasteiger partial charge >= 0.3 is 0 Å². The highest BCUT2D eigenvalue weighted by molar-refractivity contribution is 5.97. The zero-order valence-electron chi connectivity index (χ0n) is 17.0. The Morgan fingerprint density at radius 1 is 1.24 bits per heavy atom. The van der Waals surface area contributed by atoms with Crippen LogP contribution in [0.2, 0.25) is 0 Å². The summed E-state index contributed by atoms with van der Waals surface area (Å²) in [6.45, 7) is 2.35. The van der Waals surface area contributed by atoms with Gasteiger partial charge in [-0.15, -0.1) is 12.4 Å². The minimum absolute atomic E-state index is 0. The summed E-state index contributed by atoms with van der Waals surface area (Å²) in [6.07, 6.45) is 3.79. The fraction of sp³-hybridized carbons (Fsp3) is 0.619. The second-order valence-electron chi connectivity index (χ2n) is 7.99. The molecule has 0 aliphatic carbocycles. The van der Waals surface area contributed by atoms with Crippen molar-refractivity contribution < 1.29 is 19.1 Å². The van der Waals surface area contributed by atoms with Crippen LogP contribution in [0.5, 0.6) is 11.5 Å². The van der Waals surface area contributed by atoms with E-state index in [1.807, 2.05) is 0 Å². The van der Waals surface area contributed by atoms with Crippen molar-refractivity contribution in [1.29, 1.82) is 0 Å². The molecule has 3 aliphatic rings. The third-order valence-electron chi connectivity index (χ3n) is 6.52. The number of halogens is 1. The second-order valence-corrected chi connectivity index (χ2v) is 7.99. The lowest BCUT2D eigenvalue weighted by Gasteiger charge is -2.54. The maximum Gasteiger partial charge on any atom is 0.255 e. The van der Waals surface area contributed by atoms with Crippen LogP contribution in [-0.2, 0) is 4.79 Å².